The Morgan fingerprint density at radius 3 is 2.40 bits per heavy atom. The topological polar surface area (TPSA) is 102 Å². The van der Waals surface area contributed by atoms with E-state index in [-0.39, 0.29) is 34.9 Å². The van der Waals surface area contributed by atoms with Gasteiger partial charge in [0.25, 0.3) is 0 Å². The van der Waals surface area contributed by atoms with Gasteiger partial charge in [-0.2, -0.15) is 0 Å². The van der Waals surface area contributed by atoms with Gasteiger partial charge in [0, 0.05) is 12.5 Å². The Labute approximate surface area is 206 Å². The van der Waals surface area contributed by atoms with Gasteiger partial charge in [-0.05, 0) is 74.6 Å². The van der Waals surface area contributed by atoms with Crippen LogP contribution in [0.4, 0.5) is 10.1 Å². The number of esters is 1. The van der Waals surface area contributed by atoms with Crippen molar-refractivity contribution in [3.8, 4) is 0 Å². The number of amides is 2. The Balaban J connectivity index is 1.53. The number of halogens is 1. The van der Waals surface area contributed by atoms with Gasteiger partial charge in [0.15, 0.2) is 0 Å². The number of likely N-dealkylation sites (tertiary alicyclic amines) is 1. The van der Waals surface area contributed by atoms with E-state index in [0.717, 1.165) is 63.9 Å². The molecule has 1 aliphatic heterocycles. The number of carbonyl (C=O) groups excluding carboxylic acids is 3. The number of methoxy groups -OCH3 is 1. The third-order valence-electron chi connectivity index (χ3n) is 8.43. The van der Waals surface area contributed by atoms with Crippen molar-refractivity contribution in [1.82, 2.24) is 4.90 Å². The molecule has 3 N–H and O–H groups in total. The SMILES string of the molecule is COC(=O)c1ccc(NC(=O)[C@@H]2[C@H](C3CCCCC3)CCN2C(=O)C2CCC(CN)CC2)c(F)c1. The van der Waals surface area contributed by atoms with Crippen LogP contribution >= 0.6 is 0 Å². The van der Waals surface area contributed by atoms with Gasteiger partial charge < -0.3 is 20.7 Å². The molecule has 0 bridgehead atoms. The summed E-state index contributed by atoms with van der Waals surface area (Å²) in [6.07, 6.45) is 9.96. The zero-order valence-electron chi connectivity index (χ0n) is 20.6. The van der Waals surface area contributed by atoms with Crippen LogP contribution in [-0.2, 0) is 14.3 Å². The van der Waals surface area contributed by atoms with Crippen LogP contribution in [0.1, 0.15) is 74.6 Å². The van der Waals surface area contributed by atoms with Gasteiger partial charge in [0.1, 0.15) is 11.9 Å². The largest absolute Gasteiger partial charge is 0.465 e. The molecule has 35 heavy (non-hydrogen) atoms. The molecule has 192 valence electrons. The van der Waals surface area contributed by atoms with E-state index in [4.69, 9.17) is 5.73 Å². The fraction of sp³-hybridized carbons (Fsp3) is 0.667. The number of benzene rings is 1. The molecule has 1 aromatic rings. The molecule has 3 fully saturated rings. The van der Waals surface area contributed by atoms with E-state index in [9.17, 15) is 18.8 Å². The van der Waals surface area contributed by atoms with Crippen molar-refractivity contribution in [3.63, 3.8) is 0 Å². The molecular formula is C27H38FN3O4. The first-order valence-electron chi connectivity index (χ1n) is 13.1. The summed E-state index contributed by atoms with van der Waals surface area (Å²) in [5, 5.41) is 2.73. The summed E-state index contributed by atoms with van der Waals surface area (Å²) in [5.74, 6) is -0.750. The maximum atomic E-state index is 14.7. The van der Waals surface area contributed by atoms with Gasteiger partial charge in [-0.3, -0.25) is 9.59 Å². The molecule has 2 saturated carbocycles. The van der Waals surface area contributed by atoms with Gasteiger partial charge in [-0.25, -0.2) is 9.18 Å². The number of nitrogens with two attached hydrogens (primary N) is 1. The van der Waals surface area contributed by atoms with Crippen LogP contribution in [0.15, 0.2) is 18.2 Å². The van der Waals surface area contributed by atoms with Crippen LogP contribution in [-0.4, -0.2) is 48.9 Å². The normalized spacial score (nSPS) is 27.5. The summed E-state index contributed by atoms with van der Waals surface area (Å²) in [7, 11) is 1.23. The van der Waals surface area contributed by atoms with Crippen LogP contribution in [0.3, 0.4) is 0 Å². The monoisotopic (exact) mass is 487 g/mol. The highest BCUT2D eigenvalue weighted by atomic mass is 19.1. The fourth-order valence-corrected chi connectivity index (χ4v) is 6.40. The minimum atomic E-state index is -0.702. The average molecular weight is 488 g/mol. The summed E-state index contributed by atoms with van der Waals surface area (Å²) < 4.78 is 19.4. The Hall–Kier alpha value is -2.48. The molecule has 0 spiro atoms. The molecule has 2 atom stereocenters. The highest BCUT2D eigenvalue weighted by Gasteiger charge is 2.46. The van der Waals surface area contributed by atoms with Crippen molar-refractivity contribution in [2.75, 3.05) is 25.5 Å². The second-order valence-corrected chi connectivity index (χ2v) is 10.5. The molecule has 8 heteroatoms. The van der Waals surface area contributed by atoms with Crippen molar-refractivity contribution < 1.29 is 23.5 Å². The molecule has 1 saturated heterocycles. The van der Waals surface area contributed by atoms with Crippen LogP contribution in [0.25, 0.3) is 0 Å². The Bertz CT molecular complexity index is 925. The second-order valence-electron chi connectivity index (χ2n) is 10.5. The molecule has 1 heterocycles. The third kappa shape index (κ3) is 5.68. The van der Waals surface area contributed by atoms with Crippen LogP contribution in [0.2, 0.25) is 0 Å². The van der Waals surface area contributed by atoms with Crippen LogP contribution in [0.5, 0.6) is 0 Å². The summed E-state index contributed by atoms with van der Waals surface area (Å²) >= 11 is 0. The smallest absolute Gasteiger partial charge is 0.337 e. The minimum absolute atomic E-state index is 0.00722. The molecule has 2 aliphatic carbocycles. The first kappa shape index (κ1) is 25.6. The number of nitrogens with zero attached hydrogens (tertiary/aromatic N) is 1. The van der Waals surface area contributed by atoms with Crippen LogP contribution in [0, 0.1) is 29.5 Å². The van der Waals surface area contributed by atoms with Gasteiger partial charge in [-0.15, -0.1) is 0 Å². The minimum Gasteiger partial charge on any atom is -0.465 e. The third-order valence-corrected chi connectivity index (χ3v) is 8.43. The molecule has 0 unspecified atom stereocenters. The molecule has 0 aromatic heterocycles. The number of hydrogen-bond donors (Lipinski definition) is 2. The first-order valence-corrected chi connectivity index (χ1v) is 13.1. The van der Waals surface area contributed by atoms with Gasteiger partial charge in [0.2, 0.25) is 11.8 Å². The maximum absolute atomic E-state index is 14.7. The van der Waals surface area contributed by atoms with Gasteiger partial charge in [0.05, 0.1) is 18.4 Å². The lowest BCUT2D eigenvalue weighted by atomic mass is 9.76. The van der Waals surface area contributed by atoms with Crippen molar-refractivity contribution in [3.05, 3.63) is 29.6 Å². The Morgan fingerprint density at radius 1 is 1.06 bits per heavy atom. The lowest BCUT2D eigenvalue weighted by Gasteiger charge is -2.36. The lowest BCUT2D eigenvalue weighted by molar-refractivity contribution is -0.142. The zero-order chi connectivity index (χ0) is 24.9. The highest BCUT2D eigenvalue weighted by molar-refractivity contribution is 5.99. The fourth-order valence-electron chi connectivity index (χ4n) is 6.40. The summed E-state index contributed by atoms with van der Waals surface area (Å²) in [5.41, 5.74) is 5.91. The van der Waals surface area contributed by atoms with Crippen molar-refractivity contribution >= 4 is 23.5 Å². The van der Waals surface area contributed by atoms with E-state index in [0.29, 0.717) is 24.9 Å². The number of rotatable bonds is 6. The lowest BCUT2D eigenvalue weighted by Crippen LogP contribution is -2.49. The molecular weight excluding hydrogens is 449 g/mol. The molecule has 3 aliphatic rings. The Morgan fingerprint density at radius 2 is 1.77 bits per heavy atom. The van der Waals surface area contributed by atoms with E-state index in [2.05, 4.69) is 10.1 Å². The van der Waals surface area contributed by atoms with Crippen molar-refractivity contribution in [2.45, 2.75) is 70.3 Å². The molecule has 0 radical (unpaired) electrons. The van der Waals surface area contributed by atoms with Crippen molar-refractivity contribution in [1.29, 1.82) is 0 Å². The van der Waals surface area contributed by atoms with E-state index >= 15 is 0 Å². The van der Waals surface area contributed by atoms with E-state index in [1.54, 1.807) is 4.90 Å². The van der Waals surface area contributed by atoms with Gasteiger partial charge in [-0.1, -0.05) is 32.1 Å². The molecule has 2 amide bonds. The quantitative estimate of drug-likeness (QED) is 0.588. The predicted molar refractivity (Wildman–Crippen MR) is 131 cm³/mol. The number of carbonyl (C=O) groups is 3. The summed E-state index contributed by atoms with van der Waals surface area (Å²) in [6.45, 7) is 1.22. The van der Waals surface area contributed by atoms with E-state index in [1.165, 1.54) is 25.7 Å². The van der Waals surface area contributed by atoms with Crippen molar-refractivity contribution in [2.24, 2.45) is 29.4 Å². The summed E-state index contributed by atoms with van der Waals surface area (Å²) in [4.78, 5) is 40.7. The number of ether oxygens (including phenoxy) is 1. The van der Waals surface area contributed by atoms with E-state index < -0.39 is 17.8 Å². The number of anilines is 1. The maximum Gasteiger partial charge on any atom is 0.337 e. The van der Waals surface area contributed by atoms with E-state index in [1.807, 2.05) is 0 Å². The number of nitrogens with one attached hydrogen (secondary N) is 1. The van der Waals surface area contributed by atoms with Crippen LogP contribution < -0.4 is 11.1 Å². The molecule has 1 aromatic carbocycles. The first-order chi connectivity index (χ1) is 16.9. The van der Waals surface area contributed by atoms with Gasteiger partial charge >= 0.3 is 5.97 Å². The highest BCUT2D eigenvalue weighted by Crippen LogP contribution is 2.41. The predicted octanol–water partition coefficient (Wildman–Crippen LogP) is 4.11. The molecule has 7 nitrogen and oxygen atoms in total. The summed E-state index contributed by atoms with van der Waals surface area (Å²) in [6, 6.07) is 3.27. The average Bonchev–Trinajstić information content (AvgIpc) is 3.35. The standard InChI is InChI=1S/C27H38FN3O4/c1-35-27(34)20-11-12-23(22(28)15-20)30-25(32)24-21(18-5-3-2-4-6-18)13-14-31(24)26(33)19-9-7-17(16-29)8-10-19/h11-12,15,17-19,21,24H,2-10,13-14,16,29H2,1H3,(H,30,32)/t17?,19?,21-,24-/m0/s1. The Kier molecular flexibility index (Phi) is 8.42. The zero-order valence-corrected chi connectivity index (χ0v) is 20.6. The molecule has 4 rings (SSSR count). The second kappa shape index (κ2) is 11.5. The number of hydrogen-bond acceptors (Lipinski definition) is 5.